The number of aromatic nitrogens is 1. The van der Waals surface area contributed by atoms with Crippen molar-refractivity contribution < 1.29 is 29.1 Å². The number of ether oxygens (including phenoxy) is 1. The predicted molar refractivity (Wildman–Crippen MR) is 77.0 cm³/mol. The average molecular weight is 312 g/mol. The molecule has 0 aliphatic carbocycles. The summed E-state index contributed by atoms with van der Waals surface area (Å²) in [4.78, 5) is 21.4. The van der Waals surface area contributed by atoms with Crippen molar-refractivity contribution in [2.75, 3.05) is 26.7 Å². The van der Waals surface area contributed by atoms with Gasteiger partial charge in [0.25, 0.3) is 5.88 Å². The fourth-order valence-corrected chi connectivity index (χ4v) is 1.87. The summed E-state index contributed by atoms with van der Waals surface area (Å²) in [6.45, 7) is 4.70. The quantitative estimate of drug-likeness (QED) is 0.785. The number of rotatable bonds is 4. The van der Waals surface area contributed by atoms with Crippen LogP contribution < -0.4 is 4.74 Å². The van der Waals surface area contributed by atoms with Crippen LogP contribution in [0.5, 0.6) is 5.88 Å². The number of aliphatic carboxylic acids is 2. The van der Waals surface area contributed by atoms with Gasteiger partial charge in [0.2, 0.25) is 0 Å². The number of likely N-dealkylation sites (N-methyl/N-ethyl adjacent to an activating group) is 1. The number of fused-ring (bicyclic) bond motifs is 1. The molecule has 1 aromatic heterocycles. The minimum atomic E-state index is -1.26. The first kappa shape index (κ1) is 17.7. The SMILES string of the molecule is CCOc1noc2c1CCN(C)CC2.O=C(O)/C=C/C(=O)O. The summed E-state index contributed by atoms with van der Waals surface area (Å²) in [7, 11) is 2.12. The van der Waals surface area contributed by atoms with E-state index in [1.807, 2.05) is 6.92 Å². The number of carbonyl (C=O) groups is 2. The predicted octanol–water partition coefficient (Wildman–Crippen LogP) is 0.816. The van der Waals surface area contributed by atoms with E-state index >= 15 is 0 Å². The molecule has 0 amide bonds. The molecule has 0 unspecified atom stereocenters. The van der Waals surface area contributed by atoms with Crippen molar-refractivity contribution in [2.24, 2.45) is 0 Å². The van der Waals surface area contributed by atoms with Crippen molar-refractivity contribution in [2.45, 2.75) is 19.8 Å². The standard InChI is InChI=1S/C10H16N2O2.C4H4O4/c1-3-13-10-8-4-6-12(2)7-5-9(8)14-11-10;5-3(6)1-2-4(7)8/h3-7H2,1-2H3;1-2H,(H,5,6)(H,7,8)/b;2-1+. The number of nitrogens with zero attached hydrogens (tertiary/aromatic N) is 2. The molecule has 22 heavy (non-hydrogen) atoms. The summed E-state index contributed by atoms with van der Waals surface area (Å²) >= 11 is 0. The van der Waals surface area contributed by atoms with E-state index in [0.717, 1.165) is 37.3 Å². The fourth-order valence-electron chi connectivity index (χ4n) is 1.87. The van der Waals surface area contributed by atoms with Crippen LogP contribution in [0.25, 0.3) is 0 Å². The highest BCUT2D eigenvalue weighted by Crippen LogP contribution is 2.24. The van der Waals surface area contributed by atoms with Crippen molar-refractivity contribution in [3.05, 3.63) is 23.5 Å². The van der Waals surface area contributed by atoms with Crippen LogP contribution in [-0.2, 0) is 22.4 Å². The van der Waals surface area contributed by atoms with Crippen molar-refractivity contribution in [1.82, 2.24) is 10.1 Å². The molecule has 2 heterocycles. The lowest BCUT2D eigenvalue weighted by Crippen LogP contribution is -2.21. The third-order valence-corrected chi connectivity index (χ3v) is 2.95. The van der Waals surface area contributed by atoms with Crippen molar-refractivity contribution >= 4 is 11.9 Å². The molecule has 0 saturated heterocycles. The number of carboxylic acid groups (broad SMARTS) is 2. The molecule has 8 nitrogen and oxygen atoms in total. The molecule has 1 aliphatic heterocycles. The third-order valence-electron chi connectivity index (χ3n) is 2.95. The summed E-state index contributed by atoms with van der Waals surface area (Å²) < 4.78 is 10.7. The van der Waals surface area contributed by atoms with E-state index in [-0.39, 0.29) is 0 Å². The van der Waals surface area contributed by atoms with Gasteiger partial charge in [-0.15, -0.1) is 0 Å². The van der Waals surface area contributed by atoms with Gasteiger partial charge in [0, 0.05) is 31.7 Å². The summed E-state index contributed by atoms with van der Waals surface area (Å²) in [5.41, 5.74) is 1.16. The van der Waals surface area contributed by atoms with E-state index in [0.29, 0.717) is 24.6 Å². The minimum Gasteiger partial charge on any atom is -0.478 e. The highest BCUT2D eigenvalue weighted by Gasteiger charge is 2.20. The lowest BCUT2D eigenvalue weighted by Gasteiger charge is -2.11. The van der Waals surface area contributed by atoms with Crippen molar-refractivity contribution in [1.29, 1.82) is 0 Å². The number of hydrogen-bond donors (Lipinski definition) is 2. The summed E-state index contributed by atoms with van der Waals surface area (Å²) in [5, 5.41) is 19.6. The molecule has 0 radical (unpaired) electrons. The van der Waals surface area contributed by atoms with Crippen LogP contribution in [0.1, 0.15) is 18.2 Å². The zero-order valence-corrected chi connectivity index (χ0v) is 12.6. The van der Waals surface area contributed by atoms with Gasteiger partial charge < -0.3 is 24.4 Å². The lowest BCUT2D eigenvalue weighted by atomic mass is 10.2. The zero-order chi connectivity index (χ0) is 16.5. The van der Waals surface area contributed by atoms with E-state index in [4.69, 9.17) is 19.5 Å². The topological polar surface area (TPSA) is 113 Å². The second kappa shape index (κ2) is 8.83. The van der Waals surface area contributed by atoms with Gasteiger partial charge in [-0.05, 0) is 25.5 Å². The van der Waals surface area contributed by atoms with Crippen LogP contribution in [-0.4, -0.2) is 59.0 Å². The van der Waals surface area contributed by atoms with Gasteiger partial charge in [-0.3, -0.25) is 0 Å². The molecule has 0 bridgehead atoms. The molecular weight excluding hydrogens is 292 g/mol. The Morgan fingerprint density at radius 2 is 1.86 bits per heavy atom. The second-order valence-electron chi connectivity index (χ2n) is 4.64. The monoisotopic (exact) mass is 312 g/mol. The molecule has 122 valence electrons. The van der Waals surface area contributed by atoms with Gasteiger partial charge in [-0.2, -0.15) is 0 Å². The summed E-state index contributed by atoms with van der Waals surface area (Å²) in [6.07, 6.45) is 3.03. The van der Waals surface area contributed by atoms with Gasteiger partial charge in [0.15, 0.2) is 0 Å². The van der Waals surface area contributed by atoms with Gasteiger partial charge in [-0.25, -0.2) is 9.59 Å². The van der Waals surface area contributed by atoms with Gasteiger partial charge in [0.1, 0.15) is 5.76 Å². The van der Waals surface area contributed by atoms with Gasteiger partial charge >= 0.3 is 11.9 Å². The molecule has 2 N–H and O–H groups in total. The second-order valence-corrected chi connectivity index (χ2v) is 4.64. The fraction of sp³-hybridized carbons (Fsp3) is 0.500. The van der Waals surface area contributed by atoms with E-state index in [1.54, 1.807) is 0 Å². The molecule has 0 aromatic carbocycles. The van der Waals surface area contributed by atoms with Crippen molar-refractivity contribution in [3.8, 4) is 5.88 Å². The Hall–Kier alpha value is -2.35. The first-order chi connectivity index (χ1) is 10.4. The molecule has 0 spiro atoms. The minimum absolute atomic E-state index is 0.558. The first-order valence-electron chi connectivity index (χ1n) is 6.86. The highest BCUT2D eigenvalue weighted by atomic mass is 16.5. The van der Waals surface area contributed by atoms with E-state index < -0.39 is 11.9 Å². The molecule has 8 heteroatoms. The third kappa shape index (κ3) is 5.96. The Morgan fingerprint density at radius 3 is 2.41 bits per heavy atom. The zero-order valence-electron chi connectivity index (χ0n) is 12.6. The van der Waals surface area contributed by atoms with Crippen LogP contribution in [0, 0.1) is 0 Å². The molecule has 2 rings (SSSR count). The largest absolute Gasteiger partial charge is 0.478 e. The smallest absolute Gasteiger partial charge is 0.328 e. The first-order valence-corrected chi connectivity index (χ1v) is 6.86. The molecule has 1 aromatic rings. The molecule has 0 fully saturated rings. The van der Waals surface area contributed by atoms with Gasteiger partial charge in [0.05, 0.1) is 12.2 Å². The Bertz CT molecular complexity index is 521. The highest BCUT2D eigenvalue weighted by molar-refractivity contribution is 5.89. The molecule has 1 aliphatic rings. The Morgan fingerprint density at radius 1 is 1.27 bits per heavy atom. The summed E-state index contributed by atoms with van der Waals surface area (Å²) in [6, 6.07) is 0. The average Bonchev–Trinajstić information content (AvgIpc) is 2.74. The lowest BCUT2D eigenvalue weighted by molar-refractivity contribution is -0.134. The van der Waals surface area contributed by atoms with Crippen molar-refractivity contribution in [3.63, 3.8) is 0 Å². The van der Waals surface area contributed by atoms with E-state index in [2.05, 4.69) is 17.1 Å². The van der Waals surface area contributed by atoms with Crippen LogP contribution in [0.4, 0.5) is 0 Å². The Balaban J connectivity index is 0.000000261. The maximum absolute atomic E-state index is 9.55. The molecular formula is C14H20N2O6. The van der Waals surface area contributed by atoms with Gasteiger partial charge in [-0.1, -0.05) is 0 Å². The Kier molecular flexibility index (Phi) is 7.11. The number of hydrogen-bond acceptors (Lipinski definition) is 6. The van der Waals surface area contributed by atoms with Crippen LogP contribution >= 0.6 is 0 Å². The maximum atomic E-state index is 9.55. The van der Waals surface area contributed by atoms with Crippen LogP contribution in [0.2, 0.25) is 0 Å². The molecule has 0 saturated carbocycles. The van der Waals surface area contributed by atoms with E-state index in [1.165, 1.54) is 0 Å². The summed E-state index contributed by atoms with van der Waals surface area (Å²) in [5.74, 6) is -0.824. The normalized spacial score (nSPS) is 14.6. The van der Waals surface area contributed by atoms with Crippen LogP contribution in [0.3, 0.4) is 0 Å². The number of carboxylic acids is 2. The Labute approximate surface area is 128 Å². The van der Waals surface area contributed by atoms with Crippen LogP contribution in [0.15, 0.2) is 16.7 Å². The maximum Gasteiger partial charge on any atom is 0.328 e. The van der Waals surface area contributed by atoms with E-state index in [9.17, 15) is 9.59 Å². The molecule has 0 atom stereocenters.